The van der Waals surface area contributed by atoms with Gasteiger partial charge < -0.3 is 0 Å². The maximum atomic E-state index is 11.6. The van der Waals surface area contributed by atoms with Gasteiger partial charge in [-0.25, -0.2) is 0 Å². The molecule has 1 heteroatoms. The summed E-state index contributed by atoms with van der Waals surface area (Å²) in [5.41, 5.74) is 2.26. The predicted octanol–water partition coefficient (Wildman–Crippen LogP) is 3.27. The van der Waals surface area contributed by atoms with E-state index in [0.717, 1.165) is 24.8 Å². The van der Waals surface area contributed by atoms with Gasteiger partial charge in [-0.2, -0.15) is 0 Å². The van der Waals surface area contributed by atoms with Crippen LogP contribution in [0.2, 0.25) is 0 Å². The average Bonchev–Trinajstić information content (AvgIpc) is 2.07. The molecule has 0 fully saturated rings. The Morgan fingerprint density at radius 2 is 2.31 bits per heavy atom. The Balaban J connectivity index is 2.58. The van der Waals surface area contributed by atoms with E-state index >= 15 is 0 Å². The van der Waals surface area contributed by atoms with Gasteiger partial charge in [0, 0.05) is 5.92 Å². The number of hydrogen-bond acceptors (Lipinski definition) is 1. The van der Waals surface area contributed by atoms with E-state index in [1.54, 1.807) is 0 Å². The van der Waals surface area contributed by atoms with Crippen molar-refractivity contribution in [3.8, 4) is 0 Å². The van der Waals surface area contributed by atoms with Gasteiger partial charge in [0.1, 0.15) is 0 Å². The SMILES string of the molecule is CC(C)=CC[C@H]1CCC=C(C)C1=O. The second-order valence-corrected chi connectivity index (χ2v) is 4.04. The van der Waals surface area contributed by atoms with E-state index < -0.39 is 0 Å². The second-order valence-electron chi connectivity index (χ2n) is 4.04. The largest absolute Gasteiger partial charge is 0.294 e. The molecule has 0 saturated heterocycles. The molecule has 0 aliphatic heterocycles. The first-order valence-electron chi connectivity index (χ1n) is 4.95. The molecule has 0 saturated carbocycles. The first-order chi connectivity index (χ1) is 6.11. The fourth-order valence-corrected chi connectivity index (χ4v) is 1.66. The fraction of sp³-hybridized carbons (Fsp3) is 0.583. The Hall–Kier alpha value is -0.850. The van der Waals surface area contributed by atoms with Crippen molar-refractivity contribution in [3.05, 3.63) is 23.3 Å². The van der Waals surface area contributed by atoms with E-state index in [9.17, 15) is 4.79 Å². The number of allylic oxidation sites excluding steroid dienone is 4. The van der Waals surface area contributed by atoms with Crippen molar-refractivity contribution in [3.63, 3.8) is 0 Å². The minimum Gasteiger partial charge on any atom is -0.294 e. The zero-order chi connectivity index (χ0) is 9.84. The number of rotatable bonds is 2. The molecule has 72 valence electrons. The van der Waals surface area contributed by atoms with Gasteiger partial charge in [-0.05, 0) is 45.6 Å². The lowest BCUT2D eigenvalue weighted by Crippen LogP contribution is -2.18. The highest BCUT2D eigenvalue weighted by atomic mass is 16.1. The molecule has 0 spiro atoms. The van der Waals surface area contributed by atoms with Gasteiger partial charge in [0.25, 0.3) is 0 Å². The maximum absolute atomic E-state index is 11.6. The number of Topliss-reactive ketones (excluding diaryl/α,β-unsaturated/α-hetero) is 1. The molecule has 0 amide bonds. The number of hydrogen-bond donors (Lipinski definition) is 0. The van der Waals surface area contributed by atoms with Gasteiger partial charge in [0.2, 0.25) is 0 Å². The highest BCUT2D eigenvalue weighted by Gasteiger charge is 2.21. The van der Waals surface area contributed by atoms with Crippen molar-refractivity contribution < 1.29 is 4.79 Å². The standard InChI is InChI=1S/C12H18O/c1-9(2)7-8-11-6-4-5-10(3)12(11)13/h5,7,11H,4,6,8H2,1-3H3/t11-/m1/s1. The number of ketones is 1. The van der Waals surface area contributed by atoms with E-state index in [1.165, 1.54) is 5.57 Å². The second kappa shape index (κ2) is 4.40. The van der Waals surface area contributed by atoms with Crippen molar-refractivity contribution in [2.75, 3.05) is 0 Å². The van der Waals surface area contributed by atoms with Crippen molar-refractivity contribution in [1.82, 2.24) is 0 Å². The van der Waals surface area contributed by atoms with Crippen LogP contribution in [-0.4, -0.2) is 5.78 Å². The minimum absolute atomic E-state index is 0.250. The lowest BCUT2D eigenvalue weighted by Gasteiger charge is -2.18. The van der Waals surface area contributed by atoms with Gasteiger partial charge >= 0.3 is 0 Å². The van der Waals surface area contributed by atoms with Gasteiger partial charge in [-0.3, -0.25) is 4.79 Å². The Kier molecular flexibility index (Phi) is 3.47. The predicted molar refractivity (Wildman–Crippen MR) is 55.5 cm³/mol. The van der Waals surface area contributed by atoms with Crippen LogP contribution in [0.15, 0.2) is 23.3 Å². The van der Waals surface area contributed by atoms with Crippen LogP contribution < -0.4 is 0 Å². The smallest absolute Gasteiger partial charge is 0.161 e. The van der Waals surface area contributed by atoms with Crippen molar-refractivity contribution in [1.29, 1.82) is 0 Å². The molecule has 1 atom stereocenters. The van der Waals surface area contributed by atoms with E-state index in [1.807, 2.05) is 6.92 Å². The fourth-order valence-electron chi connectivity index (χ4n) is 1.66. The molecular weight excluding hydrogens is 160 g/mol. The van der Waals surface area contributed by atoms with E-state index in [4.69, 9.17) is 0 Å². The highest BCUT2D eigenvalue weighted by Crippen LogP contribution is 2.23. The summed E-state index contributed by atoms with van der Waals surface area (Å²) in [5, 5.41) is 0. The summed E-state index contributed by atoms with van der Waals surface area (Å²) in [6.45, 7) is 6.09. The summed E-state index contributed by atoms with van der Waals surface area (Å²) >= 11 is 0. The first kappa shape index (κ1) is 10.2. The van der Waals surface area contributed by atoms with Crippen LogP contribution in [0.3, 0.4) is 0 Å². The third-order valence-electron chi connectivity index (χ3n) is 2.54. The molecule has 0 unspecified atom stereocenters. The maximum Gasteiger partial charge on any atom is 0.161 e. The Labute approximate surface area is 80.5 Å². The average molecular weight is 178 g/mol. The lowest BCUT2D eigenvalue weighted by molar-refractivity contribution is -0.119. The van der Waals surface area contributed by atoms with Crippen LogP contribution in [0.4, 0.5) is 0 Å². The molecule has 0 bridgehead atoms. The van der Waals surface area contributed by atoms with Gasteiger partial charge in [-0.15, -0.1) is 0 Å². The number of carbonyl (C=O) groups excluding carboxylic acids is 1. The summed E-state index contributed by atoms with van der Waals surface area (Å²) in [6, 6.07) is 0. The van der Waals surface area contributed by atoms with Crippen LogP contribution in [0.25, 0.3) is 0 Å². The molecule has 1 rings (SSSR count). The molecular formula is C12H18O. The van der Waals surface area contributed by atoms with Crippen LogP contribution in [0.5, 0.6) is 0 Å². The minimum atomic E-state index is 0.250. The van der Waals surface area contributed by atoms with Crippen molar-refractivity contribution in [2.45, 2.75) is 40.0 Å². The van der Waals surface area contributed by atoms with Gasteiger partial charge in [0.15, 0.2) is 5.78 Å². The van der Waals surface area contributed by atoms with Gasteiger partial charge in [-0.1, -0.05) is 17.7 Å². The molecule has 1 aliphatic carbocycles. The van der Waals surface area contributed by atoms with E-state index in [0.29, 0.717) is 5.78 Å². The molecule has 0 aromatic rings. The number of carbonyl (C=O) groups is 1. The molecule has 0 radical (unpaired) electrons. The summed E-state index contributed by atoms with van der Waals surface area (Å²) in [6.07, 6.45) is 7.24. The lowest BCUT2D eigenvalue weighted by atomic mass is 9.85. The molecule has 0 N–H and O–H groups in total. The molecule has 0 aromatic carbocycles. The summed E-state index contributed by atoms with van der Waals surface area (Å²) in [5.74, 6) is 0.601. The van der Waals surface area contributed by atoms with Crippen LogP contribution in [0.1, 0.15) is 40.0 Å². The summed E-state index contributed by atoms with van der Waals surface area (Å²) in [4.78, 5) is 11.6. The third kappa shape index (κ3) is 2.83. The van der Waals surface area contributed by atoms with E-state index in [-0.39, 0.29) is 5.92 Å². The highest BCUT2D eigenvalue weighted by molar-refractivity contribution is 5.97. The molecule has 0 aromatic heterocycles. The Bertz CT molecular complexity index is 254. The van der Waals surface area contributed by atoms with Crippen molar-refractivity contribution >= 4 is 5.78 Å². The van der Waals surface area contributed by atoms with Crippen LogP contribution in [0, 0.1) is 5.92 Å². The normalized spacial score (nSPS) is 22.5. The molecule has 1 aliphatic rings. The monoisotopic (exact) mass is 178 g/mol. The van der Waals surface area contributed by atoms with Gasteiger partial charge in [0.05, 0.1) is 0 Å². The van der Waals surface area contributed by atoms with Crippen molar-refractivity contribution in [2.24, 2.45) is 5.92 Å². The third-order valence-corrected chi connectivity index (χ3v) is 2.54. The summed E-state index contributed by atoms with van der Waals surface area (Å²) < 4.78 is 0. The Morgan fingerprint density at radius 1 is 1.62 bits per heavy atom. The molecule has 0 heterocycles. The topological polar surface area (TPSA) is 17.1 Å². The first-order valence-corrected chi connectivity index (χ1v) is 4.95. The molecule has 13 heavy (non-hydrogen) atoms. The summed E-state index contributed by atoms with van der Waals surface area (Å²) in [7, 11) is 0. The Morgan fingerprint density at radius 3 is 2.92 bits per heavy atom. The zero-order valence-electron chi connectivity index (χ0n) is 8.76. The van der Waals surface area contributed by atoms with Crippen LogP contribution >= 0.6 is 0 Å². The quantitative estimate of drug-likeness (QED) is 0.593. The van der Waals surface area contributed by atoms with Crippen LogP contribution in [-0.2, 0) is 4.79 Å². The van der Waals surface area contributed by atoms with E-state index in [2.05, 4.69) is 26.0 Å². The molecule has 1 nitrogen and oxygen atoms in total. The zero-order valence-corrected chi connectivity index (χ0v) is 8.76.